The van der Waals surface area contributed by atoms with Gasteiger partial charge in [-0.25, -0.2) is 4.79 Å². The van der Waals surface area contributed by atoms with Crippen molar-refractivity contribution in [3.8, 4) is 23.0 Å². The Morgan fingerprint density at radius 2 is 2.07 bits per heavy atom. The Balaban J connectivity index is 1.49. The fraction of sp³-hybridized carbons (Fsp3) is 0.409. The Hall–Kier alpha value is -2.93. The van der Waals surface area contributed by atoms with Crippen LogP contribution in [0.15, 0.2) is 24.3 Å². The molecular weight excluding hydrogens is 374 g/mol. The third kappa shape index (κ3) is 3.15. The number of rotatable bonds is 4. The molecule has 0 aromatic heterocycles. The molecule has 3 aliphatic heterocycles. The van der Waals surface area contributed by atoms with Gasteiger partial charge in [-0.1, -0.05) is 6.07 Å². The Morgan fingerprint density at radius 1 is 1.21 bits per heavy atom. The van der Waals surface area contributed by atoms with Gasteiger partial charge in [0.25, 0.3) is 0 Å². The van der Waals surface area contributed by atoms with Gasteiger partial charge in [-0.15, -0.1) is 0 Å². The highest BCUT2D eigenvalue weighted by atomic mass is 16.6. The van der Waals surface area contributed by atoms with E-state index < -0.39 is 5.97 Å². The number of carboxylic acids is 1. The van der Waals surface area contributed by atoms with E-state index in [9.17, 15) is 4.79 Å². The molecule has 29 heavy (non-hydrogen) atoms. The summed E-state index contributed by atoms with van der Waals surface area (Å²) in [4.78, 5) is 13.3. The molecule has 1 atom stereocenters. The molecule has 0 saturated heterocycles. The van der Waals surface area contributed by atoms with Crippen molar-refractivity contribution in [3.63, 3.8) is 0 Å². The molecule has 2 aromatic carbocycles. The monoisotopic (exact) mass is 397 g/mol. The Bertz CT molecular complexity index is 972. The Kier molecular flexibility index (Phi) is 4.47. The lowest BCUT2D eigenvalue weighted by Crippen LogP contribution is -2.39. The van der Waals surface area contributed by atoms with Gasteiger partial charge in [0.15, 0.2) is 29.6 Å². The van der Waals surface area contributed by atoms with Crippen molar-refractivity contribution in [1.29, 1.82) is 0 Å². The van der Waals surface area contributed by atoms with Crippen molar-refractivity contribution in [3.05, 3.63) is 46.5 Å². The summed E-state index contributed by atoms with van der Waals surface area (Å²) in [5.41, 5.74) is 4.92. The second kappa shape index (κ2) is 7.15. The van der Waals surface area contributed by atoms with Crippen LogP contribution in [0.4, 0.5) is 0 Å². The molecule has 0 amide bonds. The van der Waals surface area contributed by atoms with Gasteiger partial charge in [-0.3, -0.25) is 4.90 Å². The summed E-state index contributed by atoms with van der Waals surface area (Å²) < 4.78 is 22.6. The van der Waals surface area contributed by atoms with Gasteiger partial charge in [0, 0.05) is 24.7 Å². The molecule has 3 heterocycles. The molecule has 7 nitrogen and oxygen atoms in total. The largest absolute Gasteiger partial charge is 0.493 e. The number of benzene rings is 2. The minimum atomic E-state index is -1.01. The first kappa shape index (κ1) is 18.1. The summed E-state index contributed by atoms with van der Waals surface area (Å²) in [5.74, 6) is 1.79. The standard InChI is InChI=1S/C22H23NO6/c1-26-19-10-15-14(9-20(19)29-12-21(24)25)4-5-23-11-16-13(8-17(15)23)2-3-18-22(16)28-7-6-27-18/h2-3,9-10,17H,4-8,11-12H2,1H3,(H,24,25)/t17-/m1/s1. The number of aliphatic carboxylic acids is 1. The summed E-state index contributed by atoms with van der Waals surface area (Å²) in [6.45, 7) is 2.55. The van der Waals surface area contributed by atoms with E-state index in [2.05, 4.69) is 11.0 Å². The molecule has 7 heteroatoms. The second-order valence-electron chi connectivity index (χ2n) is 7.55. The number of carboxylic acid groups (broad SMARTS) is 1. The van der Waals surface area contributed by atoms with E-state index in [1.165, 1.54) is 22.3 Å². The molecule has 0 saturated carbocycles. The zero-order valence-corrected chi connectivity index (χ0v) is 16.3. The summed E-state index contributed by atoms with van der Waals surface area (Å²) in [6, 6.07) is 8.35. The summed E-state index contributed by atoms with van der Waals surface area (Å²) >= 11 is 0. The molecule has 2 aromatic rings. The molecular formula is C22H23NO6. The van der Waals surface area contributed by atoms with E-state index in [-0.39, 0.29) is 12.6 Å². The van der Waals surface area contributed by atoms with E-state index in [4.69, 9.17) is 24.1 Å². The predicted octanol–water partition coefficient (Wildman–Crippen LogP) is 2.59. The number of carbonyl (C=O) groups is 1. The number of fused-ring (bicyclic) bond motifs is 6. The van der Waals surface area contributed by atoms with Crippen LogP contribution in [0.25, 0.3) is 0 Å². The van der Waals surface area contributed by atoms with Crippen LogP contribution in [0.5, 0.6) is 23.0 Å². The topological polar surface area (TPSA) is 77.5 Å². The molecule has 0 fully saturated rings. The van der Waals surface area contributed by atoms with Crippen LogP contribution in [0, 0.1) is 0 Å². The van der Waals surface area contributed by atoms with Crippen LogP contribution in [-0.2, 0) is 24.2 Å². The van der Waals surface area contributed by atoms with Gasteiger partial charge in [0.2, 0.25) is 0 Å². The lowest BCUT2D eigenvalue weighted by Gasteiger charge is -2.42. The molecule has 3 aliphatic rings. The van der Waals surface area contributed by atoms with E-state index in [0.29, 0.717) is 24.7 Å². The Labute approximate surface area is 168 Å². The first-order valence-electron chi connectivity index (χ1n) is 9.84. The minimum absolute atomic E-state index is 0.247. The van der Waals surface area contributed by atoms with Gasteiger partial charge >= 0.3 is 5.97 Å². The number of hydrogen-bond donors (Lipinski definition) is 1. The first-order chi connectivity index (χ1) is 14.1. The van der Waals surface area contributed by atoms with E-state index in [1.807, 2.05) is 18.2 Å². The van der Waals surface area contributed by atoms with Crippen LogP contribution in [0.3, 0.4) is 0 Å². The highest BCUT2D eigenvalue weighted by Crippen LogP contribution is 2.46. The quantitative estimate of drug-likeness (QED) is 0.850. The minimum Gasteiger partial charge on any atom is -0.493 e. The highest BCUT2D eigenvalue weighted by molar-refractivity contribution is 5.68. The summed E-state index contributed by atoms with van der Waals surface area (Å²) in [7, 11) is 1.58. The van der Waals surface area contributed by atoms with E-state index in [1.54, 1.807) is 7.11 Å². The number of nitrogens with zero attached hydrogens (tertiary/aromatic N) is 1. The van der Waals surface area contributed by atoms with Gasteiger partial charge in [-0.2, -0.15) is 0 Å². The molecule has 0 radical (unpaired) electrons. The van der Waals surface area contributed by atoms with Crippen LogP contribution >= 0.6 is 0 Å². The van der Waals surface area contributed by atoms with E-state index in [0.717, 1.165) is 37.4 Å². The molecule has 0 unspecified atom stereocenters. The van der Waals surface area contributed by atoms with Crippen molar-refractivity contribution in [2.75, 3.05) is 33.5 Å². The van der Waals surface area contributed by atoms with Crippen LogP contribution in [0.1, 0.15) is 28.3 Å². The Morgan fingerprint density at radius 3 is 2.90 bits per heavy atom. The van der Waals surface area contributed by atoms with Gasteiger partial charge in [-0.05, 0) is 47.7 Å². The smallest absolute Gasteiger partial charge is 0.341 e. The SMILES string of the molecule is COc1cc2c(cc1OCC(=O)O)CCN1Cc3c(ccc4c3OCCO4)C[C@H]21. The zero-order valence-electron chi connectivity index (χ0n) is 16.3. The van der Waals surface area contributed by atoms with E-state index >= 15 is 0 Å². The van der Waals surface area contributed by atoms with Crippen LogP contribution in [0.2, 0.25) is 0 Å². The third-order valence-corrected chi connectivity index (χ3v) is 5.93. The van der Waals surface area contributed by atoms with Gasteiger partial charge in [0.05, 0.1) is 7.11 Å². The molecule has 0 spiro atoms. The number of hydrogen-bond acceptors (Lipinski definition) is 6. The van der Waals surface area contributed by atoms with Crippen molar-refractivity contribution in [2.45, 2.75) is 25.4 Å². The number of methoxy groups -OCH3 is 1. The summed E-state index contributed by atoms with van der Waals surface area (Å²) in [5, 5.41) is 8.92. The normalized spacial score (nSPS) is 19.6. The lowest BCUT2D eigenvalue weighted by atomic mass is 9.83. The van der Waals surface area contributed by atoms with Crippen molar-refractivity contribution in [1.82, 2.24) is 4.90 Å². The average Bonchev–Trinajstić information content (AvgIpc) is 2.75. The molecule has 1 N–H and O–H groups in total. The highest BCUT2D eigenvalue weighted by Gasteiger charge is 2.35. The van der Waals surface area contributed by atoms with Crippen molar-refractivity contribution >= 4 is 5.97 Å². The predicted molar refractivity (Wildman–Crippen MR) is 104 cm³/mol. The first-order valence-corrected chi connectivity index (χ1v) is 9.84. The second-order valence-corrected chi connectivity index (χ2v) is 7.55. The fourth-order valence-electron chi connectivity index (χ4n) is 4.59. The van der Waals surface area contributed by atoms with Crippen LogP contribution < -0.4 is 18.9 Å². The maximum atomic E-state index is 10.9. The van der Waals surface area contributed by atoms with Crippen molar-refractivity contribution < 1.29 is 28.8 Å². The van der Waals surface area contributed by atoms with Gasteiger partial charge in [0.1, 0.15) is 13.2 Å². The molecule has 0 aliphatic carbocycles. The van der Waals surface area contributed by atoms with Crippen molar-refractivity contribution in [2.24, 2.45) is 0 Å². The zero-order chi connectivity index (χ0) is 20.0. The molecule has 152 valence electrons. The maximum Gasteiger partial charge on any atom is 0.341 e. The maximum absolute atomic E-state index is 10.9. The summed E-state index contributed by atoms with van der Waals surface area (Å²) in [6.07, 6.45) is 1.76. The third-order valence-electron chi connectivity index (χ3n) is 5.93. The number of ether oxygens (including phenoxy) is 4. The fourth-order valence-corrected chi connectivity index (χ4v) is 4.59. The molecule has 5 rings (SSSR count). The lowest BCUT2D eigenvalue weighted by molar-refractivity contribution is -0.139. The van der Waals surface area contributed by atoms with Gasteiger partial charge < -0.3 is 24.1 Å². The van der Waals surface area contributed by atoms with Crippen LogP contribution in [-0.4, -0.2) is 49.5 Å². The molecule has 0 bridgehead atoms. The average molecular weight is 397 g/mol.